The van der Waals surface area contributed by atoms with E-state index in [0.29, 0.717) is 24.5 Å². The van der Waals surface area contributed by atoms with E-state index in [-0.39, 0.29) is 17.8 Å². The summed E-state index contributed by atoms with van der Waals surface area (Å²) in [6, 6.07) is 15.3. The summed E-state index contributed by atoms with van der Waals surface area (Å²) < 4.78 is 13.1. The number of aromatic nitrogens is 4. The zero-order valence-electron chi connectivity index (χ0n) is 14.1. The fourth-order valence-electron chi connectivity index (χ4n) is 3.19. The summed E-state index contributed by atoms with van der Waals surface area (Å²) in [5, 5.41) is 12.8. The minimum atomic E-state index is -0.349. The number of likely N-dealkylation sites (tertiary alicyclic amines) is 1. The summed E-state index contributed by atoms with van der Waals surface area (Å²) in [6.07, 6.45) is 1.75. The minimum Gasteiger partial charge on any atom is -0.336 e. The summed E-state index contributed by atoms with van der Waals surface area (Å²) in [6.45, 7) is 1.19. The number of nitrogens with zero attached hydrogens (tertiary/aromatic N) is 5. The molecule has 2 heterocycles. The lowest BCUT2D eigenvalue weighted by Gasteiger charge is -2.31. The van der Waals surface area contributed by atoms with E-state index < -0.39 is 0 Å². The normalized spacial score (nSPS) is 17.3. The first kappa shape index (κ1) is 16.4. The summed E-state index contributed by atoms with van der Waals surface area (Å²) in [5.41, 5.74) is 1.40. The lowest BCUT2D eigenvalue weighted by atomic mass is 10.0. The van der Waals surface area contributed by atoms with Gasteiger partial charge in [-0.15, -0.1) is 10.2 Å². The van der Waals surface area contributed by atoms with Crippen LogP contribution in [0.1, 0.15) is 29.2 Å². The van der Waals surface area contributed by atoms with Gasteiger partial charge in [-0.25, -0.2) is 4.39 Å². The van der Waals surface area contributed by atoms with Gasteiger partial charge in [-0.1, -0.05) is 30.3 Å². The van der Waals surface area contributed by atoms with E-state index in [4.69, 9.17) is 0 Å². The van der Waals surface area contributed by atoms with Gasteiger partial charge < -0.3 is 4.90 Å². The van der Waals surface area contributed by atoms with Gasteiger partial charge in [0.2, 0.25) is 5.82 Å². The van der Waals surface area contributed by atoms with Gasteiger partial charge in [0.05, 0.1) is 6.04 Å². The average Bonchev–Trinajstić information content (AvgIpc) is 3.19. The second-order valence-electron chi connectivity index (χ2n) is 6.35. The van der Waals surface area contributed by atoms with Crippen LogP contribution in [-0.2, 0) is 0 Å². The molecule has 0 aliphatic carbocycles. The number of carbonyl (C=O) groups is 1. The molecule has 0 unspecified atom stereocenters. The second-order valence-corrected chi connectivity index (χ2v) is 6.35. The van der Waals surface area contributed by atoms with E-state index in [9.17, 15) is 9.18 Å². The Bertz CT molecular complexity index is 894. The maximum Gasteiger partial charge on any atom is 0.253 e. The topological polar surface area (TPSA) is 63.9 Å². The van der Waals surface area contributed by atoms with Crippen molar-refractivity contribution in [1.82, 2.24) is 25.1 Å². The Morgan fingerprint density at radius 3 is 2.62 bits per heavy atom. The molecule has 7 heteroatoms. The van der Waals surface area contributed by atoms with Crippen molar-refractivity contribution in [3.63, 3.8) is 0 Å². The van der Waals surface area contributed by atoms with Crippen LogP contribution in [0.15, 0.2) is 54.6 Å². The molecule has 1 aliphatic heterocycles. The second kappa shape index (κ2) is 7.03. The molecule has 2 aromatic carbocycles. The average molecular weight is 351 g/mol. The molecule has 1 fully saturated rings. The van der Waals surface area contributed by atoms with E-state index in [1.165, 1.54) is 24.3 Å². The van der Waals surface area contributed by atoms with Crippen molar-refractivity contribution in [2.24, 2.45) is 0 Å². The third-order valence-electron chi connectivity index (χ3n) is 4.56. The number of piperidine rings is 1. The van der Waals surface area contributed by atoms with Crippen molar-refractivity contribution in [3.8, 4) is 11.4 Å². The maximum absolute atomic E-state index is 13.1. The summed E-state index contributed by atoms with van der Waals surface area (Å²) in [5.74, 6) is 0.129. The van der Waals surface area contributed by atoms with Gasteiger partial charge >= 0.3 is 0 Å². The Morgan fingerprint density at radius 1 is 1.08 bits per heavy atom. The molecule has 1 aliphatic rings. The molecule has 4 rings (SSSR count). The molecule has 0 saturated carbocycles. The van der Waals surface area contributed by atoms with E-state index in [1.54, 1.807) is 9.70 Å². The molecule has 1 aromatic heterocycles. The molecule has 132 valence electrons. The number of hydrogen-bond acceptors (Lipinski definition) is 4. The Balaban J connectivity index is 1.49. The number of tetrazole rings is 1. The number of halogens is 1. The smallest absolute Gasteiger partial charge is 0.253 e. The molecule has 1 saturated heterocycles. The molecule has 0 bridgehead atoms. The first-order chi connectivity index (χ1) is 12.7. The first-order valence-corrected chi connectivity index (χ1v) is 8.60. The predicted molar refractivity (Wildman–Crippen MR) is 93.8 cm³/mol. The Hall–Kier alpha value is -3.09. The highest BCUT2D eigenvalue weighted by atomic mass is 19.1. The molecule has 3 aromatic rings. The standard InChI is InChI=1S/C19H18FN5O/c20-16-10-8-15(9-11-16)19(26)24-12-4-7-17(13-24)25-22-18(21-23-25)14-5-2-1-3-6-14/h1-3,5-6,8-11,17H,4,7,12-13H2/t17-/m0/s1. The summed E-state index contributed by atoms with van der Waals surface area (Å²) in [4.78, 5) is 16.0. The maximum atomic E-state index is 13.1. The predicted octanol–water partition coefficient (Wildman–Crippen LogP) is 2.96. The zero-order chi connectivity index (χ0) is 17.9. The van der Waals surface area contributed by atoms with Crippen molar-refractivity contribution in [3.05, 3.63) is 66.0 Å². The Morgan fingerprint density at radius 2 is 1.85 bits per heavy atom. The highest BCUT2D eigenvalue weighted by Gasteiger charge is 2.27. The highest BCUT2D eigenvalue weighted by Crippen LogP contribution is 2.23. The van der Waals surface area contributed by atoms with Crippen LogP contribution in [0.5, 0.6) is 0 Å². The Labute approximate surface area is 150 Å². The quantitative estimate of drug-likeness (QED) is 0.728. The van der Waals surface area contributed by atoms with Crippen LogP contribution in [0, 0.1) is 5.82 Å². The highest BCUT2D eigenvalue weighted by molar-refractivity contribution is 5.94. The monoisotopic (exact) mass is 351 g/mol. The van der Waals surface area contributed by atoms with Crippen LogP contribution in [0.4, 0.5) is 4.39 Å². The Kier molecular flexibility index (Phi) is 4.43. The lowest BCUT2D eigenvalue weighted by Crippen LogP contribution is -2.41. The van der Waals surface area contributed by atoms with Crippen molar-refractivity contribution in [1.29, 1.82) is 0 Å². The van der Waals surface area contributed by atoms with Gasteiger partial charge in [0.15, 0.2) is 0 Å². The van der Waals surface area contributed by atoms with Gasteiger partial charge in [-0.2, -0.15) is 4.80 Å². The summed E-state index contributed by atoms with van der Waals surface area (Å²) >= 11 is 0. The van der Waals surface area contributed by atoms with Crippen LogP contribution < -0.4 is 0 Å². The van der Waals surface area contributed by atoms with Crippen LogP contribution in [0.2, 0.25) is 0 Å². The van der Waals surface area contributed by atoms with Crippen LogP contribution in [0.3, 0.4) is 0 Å². The molecule has 26 heavy (non-hydrogen) atoms. The van der Waals surface area contributed by atoms with Gasteiger partial charge in [-0.05, 0) is 42.3 Å². The van der Waals surface area contributed by atoms with Crippen molar-refractivity contribution >= 4 is 5.91 Å². The number of amides is 1. The first-order valence-electron chi connectivity index (χ1n) is 8.60. The minimum absolute atomic E-state index is 0.0156. The van der Waals surface area contributed by atoms with Crippen molar-refractivity contribution in [2.45, 2.75) is 18.9 Å². The third kappa shape index (κ3) is 3.33. The molecule has 1 amide bonds. The van der Waals surface area contributed by atoms with Crippen LogP contribution >= 0.6 is 0 Å². The molecule has 0 spiro atoms. The fourth-order valence-corrected chi connectivity index (χ4v) is 3.19. The largest absolute Gasteiger partial charge is 0.336 e. The molecular weight excluding hydrogens is 333 g/mol. The fraction of sp³-hybridized carbons (Fsp3) is 0.263. The third-order valence-corrected chi connectivity index (χ3v) is 4.56. The number of rotatable bonds is 3. The van der Waals surface area contributed by atoms with E-state index in [2.05, 4.69) is 15.4 Å². The summed E-state index contributed by atoms with van der Waals surface area (Å²) in [7, 11) is 0. The van der Waals surface area contributed by atoms with Crippen LogP contribution in [0.25, 0.3) is 11.4 Å². The zero-order valence-corrected chi connectivity index (χ0v) is 14.1. The number of hydrogen-bond donors (Lipinski definition) is 0. The molecular formula is C19H18FN5O. The van der Waals surface area contributed by atoms with E-state index in [1.807, 2.05) is 30.3 Å². The number of benzene rings is 2. The van der Waals surface area contributed by atoms with E-state index >= 15 is 0 Å². The number of carbonyl (C=O) groups excluding carboxylic acids is 1. The van der Waals surface area contributed by atoms with Crippen LogP contribution in [-0.4, -0.2) is 44.1 Å². The van der Waals surface area contributed by atoms with E-state index in [0.717, 1.165) is 18.4 Å². The molecule has 0 N–H and O–H groups in total. The van der Waals surface area contributed by atoms with Gasteiger partial charge in [-0.3, -0.25) is 4.79 Å². The molecule has 0 radical (unpaired) electrons. The molecule has 1 atom stereocenters. The SMILES string of the molecule is O=C(c1ccc(F)cc1)N1CCC[C@H](n2nnc(-c3ccccc3)n2)C1. The molecule has 6 nitrogen and oxygen atoms in total. The van der Waals surface area contributed by atoms with Gasteiger partial charge in [0, 0.05) is 24.2 Å². The van der Waals surface area contributed by atoms with Crippen molar-refractivity contribution in [2.75, 3.05) is 13.1 Å². The van der Waals surface area contributed by atoms with Crippen molar-refractivity contribution < 1.29 is 9.18 Å². The van der Waals surface area contributed by atoms with Gasteiger partial charge in [0.1, 0.15) is 5.82 Å². The lowest BCUT2D eigenvalue weighted by molar-refractivity contribution is 0.0663. The van der Waals surface area contributed by atoms with Gasteiger partial charge in [0.25, 0.3) is 5.91 Å².